The molecule has 0 atom stereocenters. The molecule has 3 N–H and O–H groups in total. The molecule has 5 nitrogen and oxygen atoms in total. The Kier molecular flexibility index (Phi) is 5.67. The van der Waals surface area contributed by atoms with Gasteiger partial charge in [-0.05, 0) is 66.6 Å². The van der Waals surface area contributed by atoms with Crippen LogP contribution in [-0.2, 0) is 19.3 Å². The molecule has 1 heterocycles. The minimum atomic E-state index is 0. The number of nitrogens with zero attached hydrogens (tertiary/aromatic N) is 1. The second-order valence-corrected chi connectivity index (χ2v) is 6.17. The summed E-state index contributed by atoms with van der Waals surface area (Å²) in [5.74, 6) is 2.06. The Morgan fingerprint density at radius 3 is 2.80 bits per heavy atom. The third kappa shape index (κ3) is 4.18. The molecular weight excluding hydrogens is 429 g/mol. The number of ether oxygens (including phenoxy) is 2. The molecule has 25 heavy (non-hydrogen) atoms. The first-order valence-corrected chi connectivity index (χ1v) is 8.35. The third-order valence-electron chi connectivity index (χ3n) is 4.49. The normalized spacial score (nSPS) is 14.8. The second-order valence-electron chi connectivity index (χ2n) is 6.17. The van der Waals surface area contributed by atoms with Gasteiger partial charge in [-0.1, -0.05) is 12.1 Å². The molecule has 0 fully saturated rings. The monoisotopic (exact) mass is 451 g/mol. The molecule has 0 saturated carbocycles. The number of hydrogen-bond acceptors (Lipinski definition) is 3. The zero-order valence-electron chi connectivity index (χ0n) is 14.0. The summed E-state index contributed by atoms with van der Waals surface area (Å²) < 4.78 is 10.7. The highest BCUT2D eigenvalue weighted by molar-refractivity contribution is 14.0. The van der Waals surface area contributed by atoms with Gasteiger partial charge in [0.15, 0.2) is 17.5 Å². The zero-order chi connectivity index (χ0) is 16.4. The van der Waals surface area contributed by atoms with Crippen LogP contribution in [0, 0.1) is 0 Å². The molecular formula is C19H22IN3O2. The third-order valence-corrected chi connectivity index (χ3v) is 4.49. The highest BCUT2D eigenvalue weighted by Crippen LogP contribution is 2.32. The van der Waals surface area contributed by atoms with E-state index in [0.29, 0.717) is 19.3 Å². The molecule has 0 amide bonds. The highest BCUT2D eigenvalue weighted by atomic mass is 127. The summed E-state index contributed by atoms with van der Waals surface area (Å²) in [7, 11) is 0. The van der Waals surface area contributed by atoms with E-state index in [9.17, 15) is 0 Å². The van der Waals surface area contributed by atoms with Crippen LogP contribution in [0.4, 0.5) is 5.69 Å². The summed E-state index contributed by atoms with van der Waals surface area (Å²) in [6, 6.07) is 12.4. The lowest BCUT2D eigenvalue weighted by Crippen LogP contribution is -2.23. The molecule has 6 heteroatoms. The van der Waals surface area contributed by atoms with Gasteiger partial charge in [-0.25, -0.2) is 0 Å². The topological polar surface area (TPSA) is 68.9 Å². The number of rotatable bonds is 4. The number of aryl methyl sites for hydroxylation is 2. The van der Waals surface area contributed by atoms with Gasteiger partial charge in [-0.3, -0.25) is 4.99 Å². The fraction of sp³-hybridized carbons (Fsp3) is 0.316. The van der Waals surface area contributed by atoms with E-state index in [2.05, 4.69) is 28.5 Å². The summed E-state index contributed by atoms with van der Waals surface area (Å²) in [4.78, 5) is 4.41. The Balaban J connectivity index is 0.00000182. The maximum Gasteiger partial charge on any atom is 0.231 e. The van der Waals surface area contributed by atoms with Gasteiger partial charge in [0.05, 0.1) is 0 Å². The number of aliphatic imine (C=N–C) groups is 1. The Morgan fingerprint density at radius 2 is 1.88 bits per heavy atom. The molecule has 0 spiro atoms. The van der Waals surface area contributed by atoms with Gasteiger partial charge in [0.2, 0.25) is 6.79 Å². The number of nitrogens with one attached hydrogen (secondary N) is 1. The molecule has 1 aliphatic heterocycles. The molecule has 2 aromatic rings. The Morgan fingerprint density at radius 1 is 1.04 bits per heavy atom. The number of hydrogen-bond donors (Lipinski definition) is 2. The van der Waals surface area contributed by atoms with E-state index < -0.39 is 0 Å². The van der Waals surface area contributed by atoms with E-state index in [1.807, 2.05) is 18.2 Å². The molecule has 2 aliphatic rings. The Hall–Kier alpha value is -1.96. The van der Waals surface area contributed by atoms with E-state index in [4.69, 9.17) is 15.2 Å². The maximum atomic E-state index is 6.00. The number of anilines is 1. The van der Waals surface area contributed by atoms with Gasteiger partial charge in [0, 0.05) is 12.2 Å². The van der Waals surface area contributed by atoms with E-state index in [0.717, 1.165) is 35.6 Å². The van der Waals surface area contributed by atoms with Gasteiger partial charge in [-0.2, -0.15) is 0 Å². The lowest BCUT2D eigenvalue weighted by atomic mass is 10.1. The van der Waals surface area contributed by atoms with Crippen molar-refractivity contribution in [2.75, 3.05) is 18.7 Å². The van der Waals surface area contributed by atoms with Crippen molar-refractivity contribution in [3.63, 3.8) is 0 Å². The number of guanidine groups is 1. The van der Waals surface area contributed by atoms with Crippen molar-refractivity contribution in [1.29, 1.82) is 0 Å². The largest absolute Gasteiger partial charge is 0.454 e. The second kappa shape index (κ2) is 7.95. The van der Waals surface area contributed by atoms with Crippen molar-refractivity contribution in [2.24, 2.45) is 10.7 Å². The number of fused-ring (bicyclic) bond motifs is 2. The van der Waals surface area contributed by atoms with Crippen LogP contribution >= 0.6 is 24.0 Å². The average Bonchev–Trinajstić information content (AvgIpc) is 3.22. The first-order chi connectivity index (χ1) is 11.8. The fourth-order valence-electron chi connectivity index (χ4n) is 3.24. The predicted octanol–water partition coefficient (Wildman–Crippen LogP) is 3.49. The molecule has 4 rings (SSSR count). The van der Waals surface area contributed by atoms with Gasteiger partial charge >= 0.3 is 0 Å². The van der Waals surface area contributed by atoms with E-state index in [1.165, 1.54) is 24.0 Å². The SMILES string of the molecule is I.NC(=NCCc1ccc2c(c1)OCO2)Nc1ccc2c(c1)CCC2. The number of benzene rings is 2. The van der Waals surface area contributed by atoms with Crippen molar-refractivity contribution in [2.45, 2.75) is 25.7 Å². The van der Waals surface area contributed by atoms with Gasteiger partial charge in [0.1, 0.15) is 0 Å². The van der Waals surface area contributed by atoms with Crippen molar-refractivity contribution in [3.8, 4) is 11.5 Å². The number of nitrogens with two attached hydrogens (primary N) is 1. The van der Waals surface area contributed by atoms with Crippen LogP contribution in [0.5, 0.6) is 11.5 Å². The van der Waals surface area contributed by atoms with E-state index >= 15 is 0 Å². The Bertz CT molecular complexity index is 792. The molecule has 0 saturated heterocycles. The molecule has 2 aromatic carbocycles. The minimum Gasteiger partial charge on any atom is -0.454 e. The van der Waals surface area contributed by atoms with Crippen LogP contribution in [0.2, 0.25) is 0 Å². The molecule has 1 aliphatic carbocycles. The summed E-state index contributed by atoms with van der Waals surface area (Å²) in [5, 5.41) is 3.18. The van der Waals surface area contributed by atoms with Crippen LogP contribution < -0.4 is 20.5 Å². The molecule has 0 unspecified atom stereocenters. The summed E-state index contributed by atoms with van der Waals surface area (Å²) in [5.41, 5.74) is 11.1. The summed E-state index contributed by atoms with van der Waals surface area (Å²) in [6.45, 7) is 0.929. The molecule has 0 aromatic heterocycles. The molecule has 132 valence electrons. The van der Waals surface area contributed by atoms with Gasteiger partial charge < -0.3 is 20.5 Å². The van der Waals surface area contributed by atoms with Crippen LogP contribution in [0.15, 0.2) is 41.4 Å². The van der Waals surface area contributed by atoms with Crippen LogP contribution in [-0.4, -0.2) is 19.3 Å². The molecule has 0 bridgehead atoms. The lowest BCUT2D eigenvalue weighted by molar-refractivity contribution is 0.174. The van der Waals surface area contributed by atoms with Gasteiger partial charge in [-0.15, -0.1) is 24.0 Å². The average molecular weight is 451 g/mol. The first-order valence-electron chi connectivity index (χ1n) is 8.35. The van der Waals surface area contributed by atoms with Crippen LogP contribution in [0.3, 0.4) is 0 Å². The highest BCUT2D eigenvalue weighted by Gasteiger charge is 2.13. The van der Waals surface area contributed by atoms with Crippen molar-refractivity contribution < 1.29 is 9.47 Å². The van der Waals surface area contributed by atoms with Crippen molar-refractivity contribution in [3.05, 3.63) is 53.1 Å². The smallest absolute Gasteiger partial charge is 0.231 e. The quantitative estimate of drug-likeness (QED) is 0.424. The first kappa shape index (κ1) is 17.8. The van der Waals surface area contributed by atoms with Crippen molar-refractivity contribution in [1.82, 2.24) is 0 Å². The Labute approximate surface area is 164 Å². The standard InChI is InChI=1S/C19H21N3O2.HI/c20-19(22-16-6-5-14-2-1-3-15(14)11-16)21-9-8-13-4-7-17-18(10-13)24-12-23-17;/h4-7,10-11H,1-3,8-9,12H2,(H3,20,21,22);1H. The van der Waals surface area contributed by atoms with Crippen molar-refractivity contribution >= 4 is 35.6 Å². The van der Waals surface area contributed by atoms with Crippen LogP contribution in [0.1, 0.15) is 23.1 Å². The maximum absolute atomic E-state index is 6.00. The summed E-state index contributed by atoms with van der Waals surface area (Å²) >= 11 is 0. The van der Waals surface area contributed by atoms with Crippen LogP contribution in [0.25, 0.3) is 0 Å². The summed E-state index contributed by atoms with van der Waals surface area (Å²) in [6.07, 6.45) is 4.40. The fourth-order valence-corrected chi connectivity index (χ4v) is 3.24. The minimum absolute atomic E-state index is 0. The zero-order valence-corrected chi connectivity index (χ0v) is 16.3. The lowest BCUT2D eigenvalue weighted by Gasteiger charge is -2.08. The predicted molar refractivity (Wildman–Crippen MR) is 110 cm³/mol. The van der Waals surface area contributed by atoms with Gasteiger partial charge in [0.25, 0.3) is 0 Å². The van der Waals surface area contributed by atoms with E-state index in [1.54, 1.807) is 0 Å². The molecule has 0 radical (unpaired) electrons. The number of halogens is 1. The van der Waals surface area contributed by atoms with E-state index in [-0.39, 0.29) is 24.0 Å².